The largest absolute Gasteiger partial charge is 0.493 e. The number of fused-ring (bicyclic) bond motifs is 1. The van der Waals surface area contributed by atoms with E-state index in [2.05, 4.69) is 5.32 Å². The van der Waals surface area contributed by atoms with Gasteiger partial charge in [-0.15, -0.1) is 0 Å². The maximum atomic E-state index is 12.6. The van der Waals surface area contributed by atoms with Crippen molar-refractivity contribution in [3.63, 3.8) is 0 Å². The van der Waals surface area contributed by atoms with Crippen LogP contribution in [0.1, 0.15) is 18.9 Å². The summed E-state index contributed by atoms with van der Waals surface area (Å²) in [6, 6.07) is 12.8. The summed E-state index contributed by atoms with van der Waals surface area (Å²) in [5.74, 6) is 1.62. The van der Waals surface area contributed by atoms with Crippen molar-refractivity contribution < 1.29 is 19.0 Å². The van der Waals surface area contributed by atoms with Crippen molar-refractivity contribution >= 4 is 16.7 Å². The summed E-state index contributed by atoms with van der Waals surface area (Å²) >= 11 is 0. The van der Waals surface area contributed by atoms with Gasteiger partial charge in [-0.2, -0.15) is 0 Å². The van der Waals surface area contributed by atoms with Crippen LogP contribution in [0.4, 0.5) is 0 Å². The number of amides is 1. The molecular formula is C24H28N2O5. The Bertz CT molecular complexity index is 1110. The summed E-state index contributed by atoms with van der Waals surface area (Å²) in [5, 5.41) is 4.14. The van der Waals surface area contributed by atoms with E-state index in [1.807, 2.05) is 31.2 Å². The molecule has 1 heterocycles. The Morgan fingerprint density at radius 2 is 1.81 bits per heavy atom. The van der Waals surface area contributed by atoms with Crippen molar-refractivity contribution in [1.29, 1.82) is 0 Å². The minimum absolute atomic E-state index is 0.0517. The second-order valence-corrected chi connectivity index (χ2v) is 7.11. The van der Waals surface area contributed by atoms with Crippen molar-refractivity contribution in [3.05, 3.63) is 64.6 Å². The lowest BCUT2D eigenvalue weighted by atomic mass is 10.1. The van der Waals surface area contributed by atoms with Crippen molar-refractivity contribution in [2.24, 2.45) is 0 Å². The monoisotopic (exact) mass is 424 g/mol. The zero-order valence-electron chi connectivity index (χ0n) is 18.1. The summed E-state index contributed by atoms with van der Waals surface area (Å²) in [6.45, 7) is 3.04. The van der Waals surface area contributed by atoms with Gasteiger partial charge in [-0.25, -0.2) is 0 Å². The lowest BCUT2D eigenvalue weighted by molar-refractivity contribution is -0.123. The molecule has 0 atom stereocenters. The third kappa shape index (κ3) is 5.36. The first-order valence-electron chi connectivity index (χ1n) is 10.3. The molecule has 0 aliphatic carbocycles. The van der Waals surface area contributed by atoms with Gasteiger partial charge < -0.3 is 24.1 Å². The number of benzene rings is 2. The maximum Gasteiger partial charge on any atom is 0.258 e. The van der Waals surface area contributed by atoms with E-state index < -0.39 is 0 Å². The van der Waals surface area contributed by atoms with Crippen molar-refractivity contribution in [2.75, 3.05) is 27.4 Å². The average molecular weight is 424 g/mol. The maximum absolute atomic E-state index is 12.6. The fourth-order valence-electron chi connectivity index (χ4n) is 3.41. The van der Waals surface area contributed by atoms with Gasteiger partial charge in [0.1, 0.15) is 5.75 Å². The Morgan fingerprint density at radius 3 is 2.55 bits per heavy atom. The number of hydrogen-bond acceptors (Lipinski definition) is 5. The molecule has 3 aromatic rings. The van der Waals surface area contributed by atoms with Gasteiger partial charge in [-0.3, -0.25) is 9.59 Å². The van der Waals surface area contributed by atoms with Crippen LogP contribution >= 0.6 is 0 Å². The van der Waals surface area contributed by atoms with Gasteiger partial charge in [0.15, 0.2) is 18.1 Å². The Morgan fingerprint density at radius 1 is 1.00 bits per heavy atom. The molecule has 164 valence electrons. The second kappa shape index (κ2) is 10.5. The van der Waals surface area contributed by atoms with E-state index in [-0.39, 0.29) is 18.1 Å². The van der Waals surface area contributed by atoms with E-state index in [1.54, 1.807) is 43.2 Å². The molecule has 2 aromatic carbocycles. The molecule has 0 unspecified atom stereocenters. The predicted molar refractivity (Wildman–Crippen MR) is 120 cm³/mol. The normalized spacial score (nSPS) is 10.7. The molecule has 3 rings (SSSR count). The van der Waals surface area contributed by atoms with Crippen molar-refractivity contribution in [1.82, 2.24) is 9.88 Å². The number of aromatic nitrogens is 1. The SMILES string of the molecule is CCCn1ccc2c(OCC(=O)NCCc3ccc(OC)c(OC)c3)cccc2c1=O. The van der Waals surface area contributed by atoms with Crippen molar-refractivity contribution in [2.45, 2.75) is 26.3 Å². The topological polar surface area (TPSA) is 78.8 Å². The number of carbonyl (C=O) groups excluding carboxylic acids is 1. The lowest BCUT2D eigenvalue weighted by Crippen LogP contribution is -2.30. The zero-order valence-corrected chi connectivity index (χ0v) is 18.1. The Labute approximate surface area is 181 Å². The Kier molecular flexibility index (Phi) is 7.54. The first kappa shape index (κ1) is 22.2. The van der Waals surface area contributed by atoms with Gasteiger partial charge in [0, 0.05) is 24.7 Å². The molecule has 0 saturated heterocycles. The third-order valence-corrected chi connectivity index (χ3v) is 4.99. The summed E-state index contributed by atoms with van der Waals surface area (Å²) in [4.78, 5) is 24.8. The number of carbonyl (C=O) groups is 1. The summed E-state index contributed by atoms with van der Waals surface area (Å²) in [7, 11) is 3.18. The van der Waals surface area contributed by atoms with E-state index in [1.165, 1.54) is 0 Å². The Balaban J connectivity index is 1.57. The molecule has 7 heteroatoms. The van der Waals surface area contributed by atoms with E-state index in [0.29, 0.717) is 47.5 Å². The number of pyridine rings is 1. The van der Waals surface area contributed by atoms with Crippen LogP contribution in [-0.2, 0) is 17.8 Å². The van der Waals surface area contributed by atoms with Gasteiger partial charge in [0.2, 0.25) is 0 Å². The quantitative estimate of drug-likeness (QED) is 0.541. The zero-order chi connectivity index (χ0) is 22.2. The van der Waals surface area contributed by atoms with Crippen molar-refractivity contribution in [3.8, 4) is 17.2 Å². The molecule has 0 fully saturated rings. The van der Waals surface area contributed by atoms with Gasteiger partial charge >= 0.3 is 0 Å². The van der Waals surface area contributed by atoms with Crippen LogP contribution in [0.25, 0.3) is 10.8 Å². The highest BCUT2D eigenvalue weighted by molar-refractivity contribution is 5.88. The van der Waals surface area contributed by atoms with Gasteiger partial charge in [-0.05, 0) is 48.7 Å². The summed E-state index contributed by atoms with van der Waals surface area (Å²) < 4.78 is 17.9. The molecule has 1 N–H and O–H groups in total. The number of nitrogens with zero attached hydrogens (tertiary/aromatic N) is 1. The number of aryl methyl sites for hydroxylation is 1. The van der Waals surface area contributed by atoms with Crippen LogP contribution in [0.5, 0.6) is 17.2 Å². The number of hydrogen-bond donors (Lipinski definition) is 1. The highest BCUT2D eigenvalue weighted by Gasteiger charge is 2.10. The fraction of sp³-hybridized carbons (Fsp3) is 0.333. The van der Waals surface area contributed by atoms with E-state index in [9.17, 15) is 9.59 Å². The van der Waals surface area contributed by atoms with E-state index >= 15 is 0 Å². The lowest BCUT2D eigenvalue weighted by Gasteiger charge is -2.12. The second-order valence-electron chi connectivity index (χ2n) is 7.11. The van der Waals surface area contributed by atoms with Crippen LogP contribution in [0.2, 0.25) is 0 Å². The summed E-state index contributed by atoms with van der Waals surface area (Å²) in [5.41, 5.74) is 0.973. The minimum atomic E-state index is -0.225. The van der Waals surface area contributed by atoms with Gasteiger partial charge in [0.05, 0.1) is 19.6 Å². The standard InChI is InChI=1S/C24H28N2O5/c1-4-13-26-14-11-18-19(24(26)28)6-5-7-20(18)31-16-23(27)25-12-10-17-8-9-21(29-2)22(15-17)30-3/h5-9,11,14-15H,4,10,12-13,16H2,1-3H3,(H,25,27). The Hall–Kier alpha value is -3.48. The highest BCUT2D eigenvalue weighted by Crippen LogP contribution is 2.27. The van der Waals surface area contributed by atoms with Crippen LogP contribution in [0, 0.1) is 0 Å². The number of nitrogens with one attached hydrogen (secondary N) is 1. The van der Waals surface area contributed by atoms with Crippen LogP contribution < -0.4 is 25.1 Å². The molecular weight excluding hydrogens is 396 g/mol. The van der Waals surface area contributed by atoms with Gasteiger partial charge in [0.25, 0.3) is 11.5 Å². The average Bonchev–Trinajstić information content (AvgIpc) is 2.79. The first-order valence-corrected chi connectivity index (χ1v) is 10.3. The van der Waals surface area contributed by atoms with Gasteiger partial charge in [-0.1, -0.05) is 19.1 Å². The highest BCUT2D eigenvalue weighted by atomic mass is 16.5. The molecule has 0 bridgehead atoms. The number of methoxy groups -OCH3 is 2. The molecule has 1 amide bonds. The van der Waals surface area contributed by atoms with Crippen LogP contribution in [0.15, 0.2) is 53.5 Å². The first-order chi connectivity index (χ1) is 15.1. The third-order valence-electron chi connectivity index (χ3n) is 4.99. The van der Waals surface area contributed by atoms with E-state index in [4.69, 9.17) is 14.2 Å². The molecule has 0 spiro atoms. The van der Waals surface area contributed by atoms with Crippen LogP contribution in [0.3, 0.4) is 0 Å². The molecule has 1 aromatic heterocycles. The predicted octanol–water partition coefficient (Wildman–Crippen LogP) is 3.17. The molecule has 0 radical (unpaired) electrons. The number of ether oxygens (including phenoxy) is 3. The molecule has 0 saturated carbocycles. The van der Waals surface area contributed by atoms with Crippen LogP contribution in [-0.4, -0.2) is 37.8 Å². The molecule has 7 nitrogen and oxygen atoms in total. The number of rotatable bonds is 10. The molecule has 31 heavy (non-hydrogen) atoms. The molecule has 0 aliphatic rings. The smallest absolute Gasteiger partial charge is 0.258 e. The minimum Gasteiger partial charge on any atom is -0.493 e. The summed E-state index contributed by atoms with van der Waals surface area (Å²) in [6.07, 6.45) is 3.30. The molecule has 0 aliphatic heterocycles. The fourth-order valence-corrected chi connectivity index (χ4v) is 3.41. The van der Waals surface area contributed by atoms with E-state index in [0.717, 1.165) is 12.0 Å².